The van der Waals surface area contributed by atoms with E-state index in [9.17, 15) is 9.90 Å². The Labute approximate surface area is 133 Å². The Balaban J connectivity index is 1.66. The molecule has 1 fully saturated rings. The van der Waals surface area contributed by atoms with Crippen molar-refractivity contribution in [1.29, 1.82) is 0 Å². The Morgan fingerprint density at radius 2 is 2.18 bits per heavy atom. The number of amides is 1. The van der Waals surface area contributed by atoms with Gasteiger partial charge in [0.05, 0.1) is 11.3 Å². The summed E-state index contributed by atoms with van der Waals surface area (Å²) < 4.78 is 1.71. The van der Waals surface area contributed by atoms with E-state index in [0.717, 1.165) is 30.0 Å². The summed E-state index contributed by atoms with van der Waals surface area (Å²) in [6, 6.07) is 9.13. The van der Waals surface area contributed by atoms with Gasteiger partial charge >= 0.3 is 0 Å². The van der Waals surface area contributed by atoms with Gasteiger partial charge in [0.25, 0.3) is 5.91 Å². The van der Waals surface area contributed by atoms with Crippen LogP contribution in [0, 0.1) is 0 Å². The summed E-state index contributed by atoms with van der Waals surface area (Å²) in [5.41, 5.74) is 0.646. The van der Waals surface area contributed by atoms with Crippen molar-refractivity contribution in [2.24, 2.45) is 0 Å². The molecule has 0 saturated carbocycles. The van der Waals surface area contributed by atoms with Crippen molar-refractivity contribution in [2.45, 2.75) is 18.4 Å². The molecule has 5 nitrogen and oxygen atoms in total. The molecule has 0 aliphatic carbocycles. The van der Waals surface area contributed by atoms with Gasteiger partial charge in [0.2, 0.25) is 0 Å². The van der Waals surface area contributed by atoms with Gasteiger partial charge < -0.3 is 10.4 Å². The van der Waals surface area contributed by atoms with E-state index in [1.165, 1.54) is 0 Å². The topological polar surface area (TPSA) is 67.2 Å². The summed E-state index contributed by atoms with van der Waals surface area (Å²) in [6.45, 7) is 0.304. The van der Waals surface area contributed by atoms with E-state index >= 15 is 0 Å². The van der Waals surface area contributed by atoms with E-state index < -0.39 is 5.60 Å². The number of hydrogen-bond donors (Lipinski definition) is 2. The number of aromatic nitrogens is 2. The number of nitrogens with one attached hydrogen (secondary N) is 1. The summed E-state index contributed by atoms with van der Waals surface area (Å²) in [6.07, 6.45) is 4.99. The molecule has 3 rings (SSSR count). The number of aliphatic hydroxyl groups is 1. The van der Waals surface area contributed by atoms with Crippen LogP contribution in [0.4, 0.5) is 0 Å². The van der Waals surface area contributed by atoms with Crippen molar-refractivity contribution in [2.75, 3.05) is 18.1 Å². The second-order valence-corrected chi connectivity index (χ2v) is 6.75. The molecule has 1 aromatic heterocycles. The van der Waals surface area contributed by atoms with Crippen molar-refractivity contribution in [3.8, 4) is 5.69 Å². The molecule has 116 valence electrons. The number of carbonyl (C=O) groups excluding carboxylic acids is 1. The first-order valence-corrected chi connectivity index (χ1v) is 8.50. The predicted octanol–water partition coefficient (Wildman–Crippen LogP) is 1.86. The zero-order valence-electron chi connectivity index (χ0n) is 12.2. The van der Waals surface area contributed by atoms with Crippen LogP contribution in [0.1, 0.15) is 23.2 Å². The summed E-state index contributed by atoms with van der Waals surface area (Å²) >= 11 is 1.85. The van der Waals surface area contributed by atoms with E-state index in [1.807, 2.05) is 36.2 Å². The molecule has 2 N–H and O–H groups in total. The fourth-order valence-electron chi connectivity index (χ4n) is 2.49. The highest BCUT2D eigenvalue weighted by Crippen LogP contribution is 2.26. The highest BCUT2D eigenvalue weighted by molar-refractivity contribution is 7.99. The zero-order chi connectivity index (χ0) is 15.4. The molecule has 1 saturated heterocycles. The molecule has 6 heteroatoms. The van der Waals surface area contributed by atoms with E-state index in [1.54, 1.807) is 23.0 Å². The van der Waals surface area contributed by atoms with E-state index in [0.29, 0.717) is 12.1 Å². The second-order valence-electron chi connectivity index (χ2n) is 5.52. The molecule has 0 unspecified atom stereocenters. The van der Waals surface area contributed by atoms with Crippen molar-refractivity contribution < 1.29 is 9.90 Å². The summed E-state index contributed by atoms with van der Waals surface area (Å²) in [5, 5.41) is 17.4. The van der Waals surface area contributed by atoms with Gasteiger partial charge in [0.15, 0.2) is 0 Å². The van der Waals surface area contributed by atoms with Crippen molar-refractivity contribution in [3.05, 3.63) is 48.3 Å². The Morgan fingerprint density at radius 1 is 1.36 bits per heavy atom. The molecular formula is C16H19N3O2S. The molecule has 1 amide bonds. The largest absolute Gasteiger partial charge is 0.388 e. The lowest BCUT2D eigenvalue weighted by Crippen LogP contribution is -2.45. The molecule has 22 heavy (non-hydrogen) atoms. The van der Waals surface area contributed by atoms with Gasteiger partial charge in [0, 0.05) is 24.5 Å². The zero-order valence-corrected chi connectivity index (χ0v) is 13.1. The van der Waals surface area contributed by atoms with Crippen LogP contribution in [0.15, 0.2) is 42.7 Å². The highest BCUT2D eigenvalue weighted by atomic mass is 32.2. The lowest BCUT2D eigenvalue weighted by molar-refractivity contribution is 0.0311. The summed E-state index contributed by atoms with van der Waals surface area (Å²) in [7, 11) is 0. The molecule has 1 aromatic carbocycles. The normalized spacial score (nSPS) is 17.1. The second kappa shape index (κ2) is 6.54. The maximum Gasteiger partial charge on any atom is 0.251 e. The van der Waals surface area contributed by atoms with Crippen LogP contribution in [-0.2, 0) is 0 Å². The maximum absolute atomic E-state index is 12.3. The van der Waals surface area contributed by atoms with Crippen LogP contribution >= 0.6 is 11.8 Å². The quantitative estimate of drug-likeness (QED) is 0.903. The minimum absolute atomic E-state index is 0.166. The predicted molar refractivity (Wildman–Crippen MR) is 87.4 cm³/mol. The molecule has 1 aliphatic heterocycles. The molecule has 2 aromatic rings. The smallest absolute Gasteiger partial charge is 0.251 e. The Hall–Kier alpha value is -1.79. The Kier molecular flexibility index (Phi) is 4.49. The van der Waals surface area contributed by atoms with Gasteiger partial charge in [-0.1, -0.05) is 6.07 Å². The number of nitrogens with zero attached hydrogens (tertiary/aromatic N) is 2. The molecule has 0 radical (unpaired) electrons. The number of hydrogen-bond acceptors (Lipinski definition) is 4. The van der Waals surface area contributed by atoms with Gasteiger partial charge in [-0.15, -0.1) is 0 Å². The van der Waals surface area contributed by atoms with Gasteiger partial charge in [-0.3, -0.25) is 4.79 Å². The van der Waals surface area contributed by atoms with Gasteiger partial charge in [0.1, 0.15) is 0 Å². The van der Waals surface area contributed by atoms with Crippen molar-refractivity contribution >= 4 is 17.7 Å². The summed E-state index contributed by atoms with van der Waals surface area (Å²) in [4.78, 5) is 12.3. The van der Waals surface area contributed by atoms with Crippen LogP contribution in [0.3, 0.4) is 0 Å². The average Bonchev–Trinajstić information content (AvgIpc) is 3.08. The van der Waals surface area contributed by atoms with Crippen LogP contribution in [0.25, 0.3) is 5.69 Å². The average molecular weight is 317 g/mol. The van der Waals surface area contributed by atoms with E-state index in [4.69, 9.17) is 0 Å². The SMILES string of the molecule is O=C(NCC1(O)CCSCC1)c1cccc(-n2cccn2)c1. The van der Waals surface area contributed by atoms with Crippen LogP contribution in [0.2, 0.25) is 0 Å². The van der Waals surface area contributed by atoms with Crippen LogP contribution < -0.4 is 5.32 Å². The van der Waals surface area contributed by atoms with Gasteiger partial charge in [-0.05, 0) is 48.6 Å². The van der Waals surface area contributed by atoms with Crippen LogP contribution in [0.5, 0.6) is 0 Å². The lowest BCUT2D eigenvalue weighted by atomic mass is 9.97. The fraction of sp³-hybridized carbons (Fsp3) is 0.375. The van der Waals surface area contributed by atoms with Crippen LogP contribution in [-0.4, -0.2) is 44.4 Å². The molecule has 0 bridgehead atoms. The first kappa shape index (κ1) is 15.1. The number of rotatable bonds is 4. The van der Waals surface area contributed by atoms with E-state index in [2.05, 4.69) is 10.4 Å². The number of thioether (sulfide) groups is 1. The molecule has 1 aliphatic rings. The molecule has 0 spiro atoms. The minimum Gasteiger partial charge on any atom is -0.388 e. The van der Waals surface area contributed by atoms with Crippen molar-refractivity contribution in [3.63, 3.8) is 0 Å². The molecule has 0 atom stereocenters. The Bertz CT molecular complexity index is 637. The van der Waals surface area contributed by atoms with Crippen molar-refractivity contribution in [1.82, 2.24) is 15.1 Å². The van der Waals surface area contributed by atoms with Gasteiger partial charge in [-0.25, -0.2) is 4.68 Å². The number of benzene rings is 1. The maximum atomic E-state index is 12.3. The third kappa shape index (κ3) is 3.51. The first-order chi connectivity index (χ1) is 10.7. The minimum atomic E-state index is -0.763. The Morgan fingerprint density at radius 3 is 2.91 bits per heavy atom. The van der Waals surface area contributed by atoms with E-state index in [-0.39, 0.29) is 5.91 Å². The monoisotopic (exact) mass is 317 g/mol. The van der Waals surface area contributed by atoms with Gasteiger partial charge in [-0.2, -0.15) is 16.9 Å². The number of carbonyl (C=O) groups is 1. The standard InChI is InChI=1S/C16H19N3O2S/c20-15(17-12-16(21)5-9-22-10-6-16)13-3-1-4-14(11-13)19-8-2-7-18-19/h1-4,7-8,11,21H,5-6,9-10,12H2,(H,17,20). The third-order valence-corrected chi connectivity index (χ3v) is 4.86. The third-order valence-electron chi connectivity index (χ3n) is 3.88. The highest BCUT2D eigenvalue weighted by Gasteiger charge is 2.29. The lowest BCUT2D eigenvalue weighted by Gasteiger charge is -2.31. The summed E-state index contributed by atoms with van der Waals surface area (Å²) in [5.74, 6) is 1.73. The molecule has 2 heterocycles. The first-order valence-electron chi connectivity index (χ1n) is 7.35. The molecular weight excluding hydrogens is 298 g/mol. The fourth-order valence-corrected chi connectivity index (χ4v) is 3.74.